The zero-order chi connectivity index (χ0) is 13.9. The van der Waals surface area contributed by atoms with E-state index < -0.39 is 0 Å². The van der Waals surface area contributed by atoms with Gasteiger partial charge in [-0.05, 0) is 12.8 Å². The van der Waals surface area contributed by atoms with Crippen LogP contribution in [0, 0.1) is 0 Å². The molecule has 1 heterocycles. The minimum absolute atomic E-state index is 0.100. The molecule has 1 rings (SSSR count). The second-order valence-electron chi connectivity index (χ2n) is 5.17. The van der Waals surface area contributed by atoms with Crippen LogP contribution in [0.5, 0.6) is 0 Å². The fourth-order valence-electron chi connectivity index (χ4n) is 2.11. The van der Waals surface area contributed by atoms with Gasteiger partial charge in [0, 0.05) is 6.42 Å². The Kier molecular flexibility index (Phi) is 8.89. The van der Waals surface area contributed by atoms with E-state index in [4.69, 9.17) is 16.1 Å². The van der Waals surface area contributed by atoms with Crippen molar-refractivity contribution in [1.82, 2.24) is 10.1 Å². The number of aryl methyl sites for hydroxylation is 1. The molecule has 0 N–H and O–H groups in total. The van der Waals surface area contributed by atoms with Crippen molar-refractivity contribution < 1.29 is 4.52 Å². The fraction of sp³-hybridized carbons (Fsp3) is 0.867. The van der Waals surface area contributed by atoms with Crippen molar-refractivity contribution in [2.24, 2.45) is 0 Å². The van der Waals surface area contributed by atoms with Crippen molar-refractivity contribution in [3.8, 4) is 0 Å². The zero-order valence-corrected chi connectivity index (χ0v) is 13.1. The van der Waals surface area contributed by atoms with Gasteiger partial charge in [-0.15, -0.1) is 11.6 Å². The van der Waals surface area contributed by atoms with E-state index >= 15 is 0 Å². The van der Waals surface area contributed by atoms with E-state index in [1.165, 1.54) is 38.5 Å². The predicted octanol–water partition coefficient (Wildman–Crippen LogP) is 5.44. The van der Waals surface area contributed by atoms with E-state index in [9.17, 15) is 0 Å². The van der Waals surface area contributed by atoms with Crippen LogP contribution in [0.15, 0.2) is 4.52 Å². The summed E-state index contributed by atoms with van der Waals surface area (Å²) in [6.07, 6.45) is 11.9. The third kappa shape index (κ3) is 6.95. The fourth-order valence-corrected chi connectivity index (χ4v) is 2.42. The van der Waals surface area contributed by atoms with Gasteiger partial charge in [-0.2, -0.15) is 4.98 Å². The molecule has 4 heteroatoms. The van der Waals surface area contributed by atoms with Crippen LogP contribution in [0.1, 0.15) is 88.7 Å². The molecule has 0 aromatic carbocycles. The summed E-state index contributed by atoms with van der Waals surface area (Å²) < 4.78 is 5.23. The molecule has 0 spiro atoms. The lowest BCUT2D eigenvalue weighted by Crippen LogP contribution is -1.93. The molecular weight excluding hydrogens is 260 g/mol. The van der Waals surface area contributed by atoms with E-state index in [-0.39, 0.29) is 5.38 Å². The first-order valence-corrected chi connectivity index (χ1v) is 8.18. The second-order valence-corrected chi connectivity index (χ2v) is 5.70. The number of rotatable bonds is 11. The Morgan fingerprint density at radius 1 is 1.00 bits per heavy atom. The molecule has 0 radical (unpaired) electrons. The quantitative estimate of drug-likeness (QED) is 0.401. The van der Waals surface area contributed by atoms with Crippen LogP contribution in [0.3, 0.4) is 0 Å². The summed E-state index contributed by atoms with van der Waals surface area (Å²) in [5.74, 6) is 1.40. The van der Waals surface area contributed by atoms with Crippen LogP contribution in [-0.2, 0) is 6.42 Å². The highest BCUT2D eigenvalue weighted by atomic mass is 35.5. The molecule has 1 aromatic heterocycles. The third-order valence-corrected chi connectivity index (χ3v) is 3.71. The lowest BCUT2D eigenvalue weighted by Gasteiger charge is -2.00. The number of halogens is 1. The van der Waals surface area contributed by atoms with E-state index in [0.29, 0.717) is 5.82 Å². The molecular formula is C15H27ClN2O. The van der Waals surface area contributed by atoms with Crippen molar-refractivity contribution >= 4 is 11.6 Å². The Bertz CT molecular complexity index is 328. The van der Waals surface area contributed by atoms with Crippen molar-refractivity contribution in [3.63, 3.8) is 0 Å². The summed E-state index contributed by atoms with van der Waals surface area (Å²) in [5, 5.41) is 3.86. The van der Waals surface area contributed by atoms with Gasteiger partial charge in [-0.25, -0.2) is 0 Å². The molecule has 0 saturated carbocycles. The summed E-state index contributed by atoms with van der Waals surface area (Å²) in [4.78, 5) is 4.37. The standard InChI is InChI=1S/C15H27ClN2O/c1-3-5-6-7-8-9-10-12-14-17-15(18-19-14)13(16)11-4-2/h13H,3-12H2,1-2H3. The van der Waals surface area contributed by atoms with Crippen LogP contribution in [0.25, 0.3) is 0 Å². The highest BCUT2D eigenvalue weighted by Crippen LogP contribution is 2.22. The van der Waals surface area contributed by atoms with Crippen LogP contribution in [0.4, 0.5) is 0 Å². The van der Waals surface area contributed by atoms with Crippen LogP contribution < -0.4 is 0 Å². The maximum atomic E-state index is 6.17. The summed E-state index contributed by atoms with van der Waals surface area (Å²) in [7, 11) is 0. The Labute approximate surface area is 122 Å². The molecule has 3 nitrogen and oxygen atoms in total. The Morgan fingerprint density at radius 3 is 2.37 bits per heavy atom. The maximum absolute atomic E-state index is 6.17. The Hall–Kier alpha value is -0.570. The van der Waals surface area contributed by atoms with Crippen molar-refractivity contribution in [2.45, 2.75) is 83.4 Å². The summed E-state index contributed by atoms with van der Waals surface area (Å²) in [6.45, 7) is 4.35. The molecule has 1 unspecified atom stereocenters. The summed E-state index contributed by atoms with van der Waals surface area (Å²) >= 11 is 6.17. The molecule has 0 bridgehead atoms. The molecule has 19 heavy (non-hydrogen) atoms. The van der Waals surface area contributed by atoms with E-state index in [1.54, 1.807) is 0 Å². The normalized spacial score (nSPS) is 12.8. The largest absolute Gasteiger partial charge is 0.339 e. The molecule has 1 atom stereocenters. The first-order valence-electron chi connectivity index (χ1n) is 7.74. The summed E-state index contributed by atoms with van der Waals surface area (Å²) in [6, 6.07) is 0. The predicted molar refractivity (Wildman–Crippen MR) is 79.5 cm³/mol. The zero-order valence-electron chi connectivity index (χ0n) is 12.3. The Morgan fingerprint density at radius 2 is 1.68 bits per heavy atom. The van der Waals surface area contributed by atoms with Crippen molar-refractivity contribution in [3.05, 3.63) is 11.7 Å². The lowest BCUT2D eigenvalue weighted by molar-refractivity contribution is 0.367. The van der Waals surface area contributed by atoms with Gasteiger partial charge in [-0.3, -0.25) is 0 Å². The van der Waals surface area contributed by atoms with Crippen LogP contribution >= 0.6 is 11.6 Å². The van der Waals surface area contributed by atoms with Crippen molar-refractivity contribution in [2.75, 3.05) is 0 Å². The monoisotopic (exact) mass is 286 g/mol. The van der Waals surface area contributed by atoms with Crippen molar-refractivity contribution in [1.29, 1.82) is 0 Å². The average Bonchev–Trinajstić information content (AvgIpc) is 2.87. The highest BCUT2D eigenvalue weighted by Gasteiger charge is 2.14. The van der Waals surface area contributed by atoms with Gasteiger partial charge >= 0.3 is 0 Å². The minimum Gasteiger partial charge on any atom is -0.339 e. The average molecular weight is 287 g/mol. The van der Waals surface area contributed by atoms with Gasteiger partial charge in [0.25, 0.3) is 0 Å². The molecule has 0 fully saturated rings. The molecule has 110 valence electrons. The van der Waals surface area contributed by atoms with Gasteiger partial charge in [0.2, 0.25) is 5.89 Å². The number of hydrogen-bond acceptors (Lipinski definition) is 3. The minimum atomic E-state index is -0.100. The number of alkyl halides is 1. The third-order valence-electron chi connectivity index (χ3n) is 3.30. The molecule has 0 amide bonds. The molecule has 1 aromatic rings. The van der Waals surface area contributed by atoms with E-state index in [2.05, 4.69) is 24.0 Å². The lowest BCUT2D eigenvalue weighted by atomic mass is 10.1. The first-order chi connectivity index (χ1) is 9.27. The first kappa shape index (κ1) is 16.5. The highest BCUT2D eigenvalue weighted by molar-refractivity contribution is 6.20. The topological polar surface area (TPSA) is 38.9 Å². The van der Waals surface area contributed by atoms with Gasteiger partial charge in [0.15, 0.2) is 5.82 Å². The number of aromatic nitrogens is 2. The van der Waals surface area contributed by atoms with Crippen LogP contribution in [0.2, 0.25) is 0 Å². The molecule has 0 aliphatic carbocycles. The second kappa shape index (κ2) is 10.2. The van der Waals surface area contributed by atoms with Gasteiger partial charge < -0.3 is 4.52 Å². The van der Waals surface area contributed by atoms with Gasteiger partial charge in [0.1, 0.15) is 0 Å². The molecule has 0 aliphatic rings. The van der Waals surface area contributed by atoms with E-state index in [1.807, 2.05) is 0 Å². The SMILES string of the molecule is CCCCCCCCCc1nc(C(Cl)CCC)no1. The maximum Gasteiger partial charge on any atom is 0.226 e. The molecule has 0 aliphatic heterocycles. The van der Waals surface area contributed by atoms with Gasteiger partial charge in [-0.1, -0.05) is 63.9 Å². The Balaban J connectivity index is 2.13. The van der Waals surface area contributed by atoms with E-state index in [0.717, 1.165) is 31.6 Å². The smallest absolute Gasteiger partial charge is 0.226 e. The number of unbranched alkanes of at least 4 members (excludes halogenated alkanes) is 6. The summed E-state index contributed by atoms with van der Waals surface area (Å²) in [5.41, 5.74) is 0. The van der Waals surface area contributed by atoms with Gasteiger partial charge in [0.05, 0.1) is 5.38 Å². The number of hydrogen-bond donors (Lipinski definition) is 0. The molecule has 0 saturated heterocycles. The number of nitrogens with zero attached hydrogens (tertiary/aromatic N) is 2. The van der Waals surface area contributed by atoms with Crippen LogP contribution in [-0.4, -0.2) is 10.1 Å².